The lowest BCUT2D eigenvalue weighted by Crippen LogP contribution is -2.44. The second-order valence-corrected chi connectivity index (χ2v) is 3.93. The summed E-state index contributed by atoms with van der Waals surface area (Å²) in [5.41, 5.74) is 4.64. The number of carbonyl (C=O) groups excluding carboxylic acids is 1. The highest BCUT2D eigenvalue weighted by atomic mass is 35.6. The molecule has 0 aromatic rings. The number of amides is 2. The van der Waals surface area contributed by atoms with Crippen LogP contribution in [0.4, 0.5) is 4.79 Å². The predicted molar refractivity (Wildman–Crippen MR) is 42.6 cm³/mol. The topological polar surface area (TPSA) is 84.6 Å². The van der Waals surface area contributed by atoms with E-state index in [0.717, 1.165) is 0 Å². The highest BCUT2D eigenvalue weighted by Gasteiger charge is 2.34. The van der Waals surface area contributed by atoms with Gasteiger partial charge in [-0.05, 0) is 5.18 Å². The number of rotatable bonds is 2. The Morgan fingerprint density at radius 2 is 2.00 bits per heavy atom. The zero-order chi connectivity index (χ0) is 9.07. The Bertz CT molecular complexity index is 168. The maximum absolute atomic E-state index is 10.2. The molecule has 0 rings (SSSR count). The van der Waals surface area contributed by atoms with Crippen LogP contribution < -0.4 is 11.1 Å². The van der Waals surface area contributed by atoms with Crippen LogP contribution in [0.1, 0.15) is 0 Å². The van der Waals surface area contributed by atoms with Gasteiger partial charge in [-0.2, -0.15) is 0 Å². The van der Waals surface area contributed by atoms with E-state index in [1.807, 2.05) is 5.32 Å². The summed E-state index contributed by atoms with van der Waals surface area (Å²) in [6.45, 7) is 0. The van der Waals surface area contributed by atoms with Crippen LogP contribution in [0.3, 0.4) is 0 Å². The van der Waals surface area contributed by atoms with Gasteiger partial charge in [0.25, 0.3) is 0 Å². The molecule has 1 atom stereocenters. The Kier molecular flexibility index (Phi) is 3.85. The average molecular weight is 220 g/mol. The molecule has 0 aliphatic rings. The molecule has 11 heavy (non-hydrogen) atoms. The smallest absolute Gasteiger partial charge is 0.314 e. The van der Waals surface area contributed by atoms with Crippen molar-refractivity contribution in [3.8, 4) is 0 Å². The maximum Gasteiger partial charge on any atom is 0.314 e. The van der Waals surface area contributed by atoms with E-state index in [1.165, 1.54) is 0 Å². The van der Waals surface area contributed by atoms with E-state index in [2.05, 4.69) is 10.9 Å². The number of nitrogens with two attached hydrogens (primary N) is 1. The maximum atomic E-state index is 10.2. The first-order valence-electron chi connectivity index (χ1n) is 2.33. The summed E-state index contributed by atoms with van der Waals surface area (Å²) < 4.78 is -1.98. The summed E-state index contributed by atoms with van der Waals surface area (Å²) >= 11 is 15.6. The Hall–Kier alpha value is -0.260. The summed E-state index contributed by atoms with van der Waals surface area (Å²) in [7, 11) is 0. The Balaban J connectivity index is 4.18. The molecule has 0 saturated carbocycles. The molecule has 0 aromatic heterocycles. The second kappa shape index (κ2) is 3.94. The lowest BCUT2D eigenvalue weighted by molar-refractivity contribution is 0.245. The number of halogens is 3. The van der Waals surface area contributed by atoms with E-state index in [9.17, 15) is 9.70 Å². The third kappa shape index (κ3) is 4.23. The van der Waals surface area contributed by atoms with Gasteiger partial charge in [-0.1, -0.05) is 34.8 Å². The quantitative estimate of drug-likeness (QED) is 0.540. The van der Waals surface area contributed by atoms with Gasteiger partial charge in [0.05, 0.1) is 0 Å². The van der Waals surface area contributed by atoms with Crippen LogP contribution in [-0.2, 0) is 0 Å². The van der Waals surface area contributed by atoms with Crippen molar-refractivity contribution in [3.05, 3.63) is 4.91 Å². The third-order valence-electron chi connectivity index (χ3n) is 0.694. The molecule has 5 nitrogen and oxygen atoms in total. The number of nitrogens with zero attached hydrogens (tertiary/aromatic N) is 1. The number of nitroso groups, excluding NO2 is 1. The third-order valence-corrected chi connectivity index (χ3v) is 1.31. The molecule has 0 radical (unpaired) electrons. The molecule has 0 bridgehead atoms. The molecule has 0 saturated heterocycles. The monoisotopic (exact) mass is 219 g/mol. The first-order chi connectivity index (χ1) is 4.88. The largest absolute Gasteiger partial charge is 0.352 e. The van der Waals surface area contributed by atoms with E-state index >= 15 is 0 Å². The lowest BCUT2D eigenvalue weighted by atomic mass is 10.6. The number of primary amides is 1. The molecular weight excluding hydrogens is 216 g/mol. The standard InChI is InChI=1S/C3H4Cl3N3O2/c4-3(5,6)1(9-11)8-2(7)10/h1H,(H3,7,8,10). The van der Waals surface area contributed by atoms with Crippen molar-refractivity contribution < 1.29 is 4.79 Å². The molecule has 0 aliphatic carbocycles. The van der Waals surface area contributed by atoms with E-state index in [1.54, 1.807) is 0 Å². The minimum Gasteiger partial charge on any atom is -0.352 e. The van der Waals surface area contributed by atoms with Crippen molar-refractivity contribution >= 4 is 40.8 Å². The van der Waals surface area contributed by atoms with Crippen LogP contribution in [0.2, 0.25) is 0 Å². The minimum absolute atomic E-state index is 0.985. The van der Waals surface area contributed by atoms with Crippen LogP contribution >= 0.6 is 34.8 Å². The van der Waals surface area contributed by atoms with Gasteiger partial charge in [0.15, 0.2) is 0 Å². The van der Waals surface area contributed by atoms with Crippen LogP contribution in [0.15, 0.2) is 5.18 Å². The second-order valence-electron chi connectivity index (χ2n) is 1.56. The highest BCUT2D eigenvalue weighted by molar-refractivity contribution is 6.68. The van der Waals surface area contributed by atoms with Crippen molar-refractivity contribution in [2.75, 3.05) is 0 Å². The first kappa shape index (κ1) is 10.7. The first-order valence-corrected chi connectivity index (χ1v) is 3.46. The van der Waals surface area contributed by atoms with Gasteiger partial charge in [0.2, 0.25) is 9.96 Å². The van der Waals surface area contributed by atoms with E-state index < -0.39 is 16.0 Å². The molecule has 2 amide bonds. The van der Waals surface area contributed by atoms with Crippen molar-refractivity contribution in [1.82, 2.24) is 5.32 Å². The fourth-order valence-electron chi connectivity index (χ4n) is 0.303. The van der Waals surface area contributed by atoms with Gasteiger partial charge < -0.3 is 11.1 Å². The zero-order valence-electron chi connectivity index (χ0n) is 5.05. The molecule has 0 aromatic carbocycles. The van der Waals surface area contributed by atoms with Gasteiger partial charge in [-0.15, -0.1) is 4.91 Å². The fraction of sp³-hybridized carbons (Fsp3) is 0.667. The number of urea groups is 1. The van der Waals surface area contributed by atoms with E-state index in [4.69, 9.17) is 34.8 Å². The summed E-state index contributed by atoms with van der Waals surface area (Å²) in [5.74, 6) is 0. The predicted octanol–water partition coefficient (Wildman–Crippen LogP) is 1.12. The number of hydrogen-bond donors (Lipinski definition) is 2. The SMILES string of the molecule is NC(=O)NC(N=O)C(Cl)(Cl)Cl. The van der Waals surface area contributed by atoms with Crippen molar-refractivity contribution in [2.45, 2.75) is 9.96 Å². The van der Waals surface area contributed by atoms with Crippen LogP contribution in [0, 0.1) is 4.91 Å². The molecule has 0 heterocycles. The van der Waals surface area contributed by atoms with E-state index in [0.29, 0.717) is 0 Å². The van der Waals surface area contributed by atoms with Gasteiger partial charge in [0, 0.05) is 0 Å². The minimum atomic E-state index is -1.98. The van der Waals surface area contributed by atoms with Crippen molar-refractivity contribution in [2.24, 2.45) is 10.9 Å². The molecule has 3 N–H and O–H groups in total. The molecule has 0 fully saturated rings. The molecule has 0 aliphatic heterocycles. The summed E-state index contributed by atoms with van der Waals surface area (Å²) in [5, 5.41) is 4.18. The molecule has 8 heteroatoms. The number of hydrogen-bond acceptors (Lipinski definition) is 3. The van der Waals surface area contributed by atoms with Crippen molar-refractivity contribution in [3.63, 3.8) is 0 Å². The van der Waals surface area contributed by atoms with Crippen molar-refractivity contribution in [1.29, 1.82) is 0 Å². The molecular formula is C3H4Cl3N3O2. The Labute approximate surface area is 77.1 Å². The Morgan fingerprint density at radius 1 is 1.55 bits per heavy atom. The van der Waals surface area contributed by atoms with Gasteiger partial charge in [-0.25, -0.2) is 4.79 Å². The fourth-order valence-corrected chi connectivity index (χ4v) is 0.586. The average Bonchev–Trinajstić information content (AvgIpc) is 1.79. The van der Waals surface area contributed by atoms with Crippen LogP contribution in [0.25, 0.3) is 0 Å². The molecule has 1 unspecified atom stereocenters. The van der Waals surface area contributed by atoms with Gasteiger partial charge in [-0.3, -0.25) is 0 Å². The van der Waals surface area contributed by atoms with Crippen LogP contribution in [-0.4, -0.2) is 16.0 Å². The number of carbonyl (C=O) groups is 1. The Morgan fingerprint density at radius 3 is 2.09 bits per heavy atom. The van der Waals surface area contributed by atoms with Crippen LogP contribution in [0.5, 0.6) is 0 Å². The van der Waals surface area contributed by atoms with E-state index in [-0.39, 0.29) is 0 Å². The normalized spacial score (nSPS) is 13.7. The van der Waals surface area contributed by atoms with Gasteiger partial charge >= 0.3 is 6.03 Å². The summed E-state index contributed by atoms with van der Waals surface area (Å²) in [4.78, 5) is 20.1. The highest BCUT2D eigenvalue weighted by Crippen LogP contribution is 2.30. The molecule has 0 spiro atoms. The summed E-state index contributed by atoms with van der Waals surface area (Å²) in [6.07, 6.45) is -1.47. The zero-order valence-corrected chi connectivity index (χ0v) is 7.32. The molecule has 64 valence electrons. The lowest BCUT2D eigenvalue weighted by Gasteiger charge is -2.16. The van der Waals surface area contributed by atoms with Gasteiger partial charge in [0.1, 0.15) is 0 Å². The number of alkyl halides is 3. The number of nitrogens with one attached hydrogen (secondary N) is 1. The summed E-state index contributed by atoms with van der Waals surface area (Å²) in [6, 6.07) is -0.985.